The van der Waals surface area contributed by atoms with Gasteiger partial charge in [0.1, 0.15) is 4.90 Å². The fourth-order valence-corrected chi connectivity index (χ4v) is 3.83. The first-order chi connectivity index (χ1) is 11.4. The zero-order valence-corrected chi connectivity index (χ0v) is 13.8. The molecule has 0 saturated heterocycles. The molecule has 1 aromatic heterocycles. The second-order valence-electron chi connectivity index (χ2n) is 5.18. The van der Waals surface area contributed by atoms with E-state index in [0.717, 1.165) is 0 Å². The van der Waals surface area contributed by atoms with Crippen molar-refractivity contribution >= 4 is 32.6 Å². The highest BCUT2D eigenvalue weighted by Gasteiger charge is 2.25. The number of esters is 1. The van der Waals surface area contributed by atoms with Crippen molar-refractivity contribution in [3.05, 3.63) is 53.7 Å². The number of methoxy groups -OCH3 is 1. The van der Waals surface area contributed by atoms with Crippen molar-refractivity contribution in [2.45, 2.75) is 11.8 Å². The van der Waals surface area contributed by atoms with Crippen molar-refractivity contribution in [2.75, 3.05) is 11.8 Å². The predicted molar refractivity (Wildman–Crippen MR) is 89.4 cm³/mol. The Bertz CT molecular complexity index is 1020. The third-order valence-corrected chi connectivity index (χ3v) is 5.05. The van der Waals surface area contributed by atoms with Crippen LogP contribution in [0.2, 0.25) is 0 Å². The summed E-state index contributed by atoms with van der Waals surface area (Å²) in [6, 6.07) is 9.72. The maximum absolute atomic E-state index is 12.8. The zero-order chi connectivity index (χ0) is 17.3. The number of ether oxygens (including phenoxy) is 1. The van der Waals surface area contributed by atoms with Crippen LogP contribution >= 0.6 is 0 Å². The lowest BCUT2D eigenvalue weighted by Gasteiger charge is -2.13. The smallest absolute Gasteiger partial charge is 0.339 e. The van der Waals surface area contributed by atoms with Crippen molar-refractivity contribution in [1.29, 1.82) is 0 Å². The molecule has 7 nitrogen and oxygen atoms in total. The van der Waals surface area contributed by atoms with E-state index in [1.165, 1.54) is 19.4 Å². The largest absolute Gasteiger partial charge is 0.465 e. The number of aryl methyl sites for hydroxylation is 1. The van der Waals surface area contributed by atoms with Gasteiger partial charge in [-0.3, -0.25) is 9.82 Å². The molecule has 0 radical (unpaired) electrons. The van der Waals surface area contributed by atoms with Crippen molar-refractivity contribution in [2.24, 2.45) is 0 Å². The molecule has 1 heterocycles. The molecule has 124 valence electrons. The third-order valence-electron chi connectivity index (χ3n) is 3.64. The van der Waals surface area contributed by atoms with Gasteiger partial charge >= 0.3 is 5.97 Å². The fraction of sp³-hybridized carbons (Fsp3) is 0.125. The number of sulfonamides is 1. The number of carbonyl (C=O) groups is 1. The summed E-state index contributed by atoms with van der Waals surface area (Å²) >= 11 is 0. The van der Waals surface area contributed by atoms with E-state index in [-0.39, 0.29) is 10.5 Å². The summed E-state index contributed by atoms with van der Waals surface area (Å²) in [5, 5.41) is 7.31. The molecule has 3 aromatic rings. The van der Waals surface area contributed by atoms with Crippen LogP contribution < -0.4 is 4.72 Å². The van der Waals surface area contributed by atoms with Crippen LogP contribution in [0.3, 0.4) is 0 Å². The van der Waals surface area contributed by atoms with Crippen LogP contribution in [-0.4, -0.2) is 31.7 Å². The number of hydrogen-bond donors (Lipinski definition) is 2. The van der Waals surface area contributed by atoms with Gasteiger partial charge < -0.3 is 4.74 Å². The molecule has 0 amide bonds. The average Bonchev–Trinajstić information content (AvgIpc) is 3.03. The number of nitrogens with zero attached hydrogens (tertiary/aromatic N) is 1. The molecule has 0 aliphatic rings. The Balaban J connectivity index is 2.11. The number of aromatic nitrogens is 2. The first-order valence-electron chi connectivity index (χ1n) is 7.07. The van der Waals surface area contributed by atoms with E-state index in [9.17, 15) is 13.2 Å². The maximum atomic E-state index is 12.8. The number of nitrogens with one attached hydrogen (secondary N) is 2. The molecular formula is C16H15N3O4S. The second kappa shape index (κ2) is 5.97. The highest BCUT2D eigenvalue weighted by Crippen LogP contribution is 2.27. The summed E-state index contributed by atoms with van der Waals surface area (Å²) in [6.07, 6.45) is 1.53. The van der Waals surface area contributed by atoms with E-state index in [0.29, 0.717) is 22.2 Å². The maximum Gasteiger partial charge on any atom is 0.339 e. The van der Waals surface area contributed by atoms with E-state index in [1.807, 2.05) is 0 Å². The lowest BCUT2D eigenvalue weighted by molar-refractivity contribution is 0.0595. The first-order valence-corrected chi connectivity index (χ1v) is 8.55. The summed E-state index contributed by atoms with van der Waals surface area (Å²) < 4.78 is 32.9. The Labute approximate surface area is 138 Å². The number of aromatic amines is 1. The van der Waals surface area contributed by atoms with Gasteiger partial charge in [0.15, 0.2) is 0 Å². The molecular weight excluding hydrogens is 330 g/mol. The molecule has 0 fully saturated rings. The normalized spacial score (nSPS) is 11.4. The second-order valence-corrected chi connectivity index (χ2v) is 6.83. The van der Waals surface area contributed by atoms with E-state index in [2.05, 4.69) is 14.9 Å². The van der Waals surface area contributed by atoms with Gasteiger partial charge in [-0.25, -0.2) is 13.2 Å². The molecule has 2 N–H and O–H groups in total. The van der Waals surface area contributed by atoms with Crippen LogP contribution in [-0.2, 0) is 14.8 Å². The standard InChI is InChI=1S/C16H15N3O4S/c1-10-5-3-8-14(15(10)16(20)23-2)24(21,22)19-13-7-4-6-12-11(13)9-17-18-12/h3-9,19H,1-2H3,(H,17,18). The first kappa shape index (κ1) is 16.0. The van der Waals surface area contributed by atoms with E-state index in [4.69, 9.17) is 4.74 Å². The van der Waals surface area contributed by atoms with Gasteiger partial charge in [-0.15, -0.1) is 0 Å². The van der Waals surface area contributed by atoms with Gasteiger partial charge in [0.2, 0.25) is 0 Å². The summed E-state index contributed by atoms with van der Waals surface area (Å²) in [5.41, 5.74) is 1.62. The number of fused-ring (bicyclic) bond motifs is 1. The van der Waals surface area contributed by atoms with Crippen LogP contribution in [0.5, 0.6) is 0 Å². The minimum Gasteiger partial charge on any atom is -0.465 e. The lowest BCUT2D eigenvalue weighted by atomic mass is 10.1. The number of rotatable bonds is 4. The summed E-state index contributed by atoms with van der Waals surface area (Å²) in [7, 11) is -2.77. The van der Waals surface area contributed by atoms with Gasteiger partial charge in [-0.1, -0.05) is 18.2 Å². The van der Waals surface area contributed by atoms with Crippen molar-refractivity contribution < 1.29 is 17.9 Å². The number of anilines is 1. The van der Waals surface area contributed by atoms with Crippen LogP contribution in [0, 0.1) is 6.92 Å². The van der Waals surface area contributed by atoms with Crippen LogP contribution in [0.4, 0.5) is 5.69 Å². The molecule has 0 saturated carbocycles. The van der Waals surface area contributed by atoms with Crippen molar-refractivity contribution in [3.8, 4) is 0 Å². The quantitative estimate of drug-likeness (QED) is 0.707. The molecule has 0 aliphatic carbocycles. The van der Waals surface area contributed by atoms with Crippen LogP contribution in [0.1, 0.15) is 15.9 Å². The lowest BCUT2D eigenvalue weighted by Crippen LogP contribution is -2.18. The number of benzene rings is 2. The van der Waals surface area contributed by atoms with E-state index in [1.54, 1.807) is 37.3 Å². The highest BCUT2D eigenvalue weighted by atomic mass is 32.2. The average molecular weight is 345 g/mol. The SMILES string of the molecule is COC(=O)c1c(C)cccc1S(=O)(=O)Nc1cccc2[nH]ncc12. The van der Waals surface area contributed by atoms with Crippen molar-refractivity contribution in [3.63, 3.8) is 0 Å². The van der Waals surface area contributed by atoms with Gasteiger partial charge in [0, 0.05) is 5.39 Å². The Hall–Kier alpha value is -2.87. The predicted octanol–water partition coefficient (Wildman–Crippen LogP) is 2.46. The minimum absolute atomic E-state index is 0.0202. The van der Waals surface area contributed by atoms with Gasteiger partial charge in [-0.2, -0.15) is 5.10 Å². The van der Waals surface area contributed by atoms with Gasteiger partial charge in [-0.05, 0) is 30.7 Å². The minimum atomic E-state index is -3.98. The number of carbonyl (C=O) groups excluding carboxylic acids is 1. The summed E-state index contributed by atoms with van der Waals surface area (Å²) in [6.45, 7) is 1.65. The topological polar surface area (TPSA) is 101 Å². The van der Waals surface area contributed by atoms with Crippen molar-refractivity contribution in [1.82, 2.24) is 10.2 Å². The van der Waals surface area contributed by atoms with Crippen LogP contribution in [0.15, 0.2) is 47.5 Å². The van der Waals surface area contributed by atoms with E-state index >= 15 is 0 Å². The Morgan fingerprint density at radius 3 is 2.71 bits per heavy atom. The van der Waals surface area contributed by atoms with E-state index < -0.39 is 16.0 Å². The molecule has 3 rings (SSSR count). The molecule has 0 atom stereocenters. The zero-order valence-electron chi connectivity index (χ0n) is 13.0. The Morgan fingerprint density at radius 1 is 1.21 bits per heavy atom. The third kappa shape index (κ3) is 2.71. The molecule has 0 spiro atoms. The fourth-order valence-electron chi connectivity index (χ4n) is 2.49. The van der Waals surface area contributed by atoms with Gasteiger partial charge in [0.25, 0.3) is 10.0 Å². The molecule has 2 aromatic carbocycles. The molecule has 0 unspecified atom stereocenters. The Kier molecular flexibility index (Phi) is 3.98. The highest BCUT2D eigenvalue weighted by molar-refractivity contribution is 7.92. The Morgan fingerprint density at radius 2 is 1.96 bits per heavy atom. The molecule has 0 bridgehead atoms. The summed E-state index contributed by atoms with van der Waals surface area (Å²) in [5.74, 6) is -0.699. The number of H-pyrrole nitrogens is 1. The molecule has 0 aliphatic heterocycles. The number of hydrogen-bond acceptors (Lipinski definition) is 5. The monoisotopic (exact) mass is 345 g/mol. The van der Waals surface area contributed by atoms with Crippen LogP contribution in [0.25, 0.3) is 10.9 Å². The summed E-state index contributed by atoms with van der Waals surface area (Å²) in [4.78, 5) is 11.9. The van der Waals surface area contributed by atoms with Gasteiger partial charge in [0.05, 0.1) is 30.1 Å². The molecule has 8 heteroatoms. The molecule has 24 heavy (non-hydrogen) atoms.